The second-order valence-electron chi connectivity index (χ2n) is 16.3. The number of carbonyl (C=O) groups is 3. The van der Waals surface area contributed by atoms with Crippen LogP contribution in [0.15, 0.2) is 79.0 Å². The van der Waals surface area contributed by atoms with Gasteiger partial charge in [-0.2, -0.15) is 18.3 Å². The van der Waals surface area contributed by atoms with E-state index in [-0.39, 0.29) is 29.8 Å². The minimum Gasteiger partial charge on any atom is -0.457 e. The van der Waals surface area contributed by atoms with Crippen molar-refractivity contribution in [3.05, 3.63) is 113 Å². The zero-order valence-corrected chi connectivity index (χ0v) is 33.4. The molecular weight excluding hydrogens is 762 g/mol. The Morgan fingerprint density at radius 2 is 1.73 bits per heavy atom. The smallest absolute Gasteiger partial charge is 0.433 e. The third-order valence-electron chi connectivity index (χ3n) is 11.2. The maximum Gasteiger partial charge on any atom is 0.433 e. The molecule has 0 saturated heterocycles. The van der Waals surface area contributed by atoms with Gasteiger partial charge in [-0.1, -0.05) is 36.8 Å². The number of rotatable bonds is 14. The lowest BCUT2D eigenvalue weighted by Gasteiger charge is -2.31. The lowest BCUT2D eigenvalue weighted by atomic mass is 9.86. The predicted molar refractivity (Wildman–Crippen MR) is 217 cm³/mol. The highest BCUT2D eigenvalue weighted by molar-refractivity contribution is 6.11. The van der Waals surface area contributed by atoms with Gasteiger partial charge in [-0.15, -0.1) is 0 Å². The zero-order valence-electron chi connectivity index (χ0n) is 33.4. The van der Waals surface area contributed by atoms with Crippen LogP contribution in [0.4, 0.5) is 18.9 Å². The van der Waals surface area contributed by atoms with E-state index in [1.54, 1.807) is 44.2 Å². The van der Waals surface area contributed by atoms with E-state index < -0.39 is 29.3 Å². The molecule has 14 heteroatoms. The van der Waals surface area contributed by atoms with E-state index in [0.29, 0.717) is 39.6 Å². The summed E-state index contributed by atoms with van der Waals surface area (Å²) in [4.78, 5) is 43.1. The molecule has 3 aromatic carbocycles. The molecule has 0 spiro atoms. The van der Waals surface area contributed by atoms with Gasteiger partial charge in [0.25, 0.3) is 11.8 Å². The lowest BCUT2D eigenvalue weighted by molar-refractivity contribution is -0.141. The molecule has 3 N–H and O–H groups in total. The second kappa shape index (κ2) is 17.3. The lowest BCUT2D eigenvalue weighted by Crippen LogP contribution is -2.37. The standard InChI is InChI=1S/C45H49F3N6O5/c1-44(2,58)34-25-36-31(23-37(34)50-42(56)35-11-8-13-39(49-35)45(46,47)48)27-54(52-36)32-18-14-29(15-19-32)26-53(3)22-6-4-5-9-28-16-20-33(21-17-28)59-38-12-7-10-30-24-40(55)51-43(57)41(30)38/h7-8,10-13,16-17,20-21,23,25,27,29,32,58H,4-6,9,14-15,18-19,22,24,26H2,1-3H3,(H,50,56)(H,51,55,57). The molecule has 2 aromatic heterocycles. The summed E-state index contributed by atoms with van der Waals surface area (Å²) in [7, 11) is 2.19. The summed E-state index contributed by atoms with van der Waals surface area (Å²) in [5, 5.41) is 21.6. The molecular formula is C45H49F3N6O5. The van der Waals surface area contributed by atoms with Gasteiger partial charge in [0.05, 0.1) is 29.1 Å². The van der Waals surface area contributed by atoms with Crippen molar-refractivity contribution >= 4 is 34.3 Å². The number of hydrogen-bond donors (Lipinski definition) is 3. The largest absolute Gasteiger partial charge is 0.457 e. The Labute approximate surface area is 341 Å². The molecule has 11 nitrogen and oxygen atoms in total. The number of ether oxygens (including phenoxy) is 1. The molecule has 0 unspecified atom stereocenters. The molecule has 1 saturated carbocycles. The minimum atomic E-state index is -4.69. The van der Waals surface area contributed by atoms with Gasteiger partial charge in [0, 0.05) is 29.4 Å². The van der Waals surface area contributed by atoms with Gasteiger partial charge < -0.3 is 20.1 Å². The Bertz CT molecular complexity index is 2330. The van der Waals surface area contributed by atoms with Crippen LogP contribution in [0.25, 0.3) is 10.9 Å². The molecule has 0 atom stereocenters. The number of aromatic nitrogens is 3. The number of anilines is 1. The summed E-state index contributed by atoms with van der Waals surface area (Å²) in [6, 6.07) is 20.0. The van der Waals surface area contributed by atoms with E-state index in [4.69, 9.17) is 9.84 Å². The SMILES string of the molecule is CN(CCCCCc1ccc(Oc2cccc3c2C(=O)NC(=O)C3)cc1)CC1CCC(n2cc3cc(NC(=O)c4cccc(C(F)(F)F)n4)c(C(C)(C)O)cc3n2)CC1. The number of pyridine rings is 1. The zero-order chi connectivity index (χ0) is 41.9. The van der Waals surface area contributed by atoms with Crippen LogP contribution in [-0.2, 0) is 29.4 Å². The van der Waals surface area contributed by atoms with Crippen molar-refractivity contribution in [3.8, 4) is 11.5 Å². The van der Waals surface area contributed by atoms with Gasteiger partial charge in [0.2, 0.25) is 5.91 Å². The summed E-state index contributed by atoms with van der Waals surface area (Å²) in [5.41, 5.74) is 0.719. The van der Waals surface area contributed by atoms with Crippen LogP contribution in [0.1, 0.15) is 108 Å². The van der Waals surface area contributed by atoms with Crippen molar-refractivity contribution in [2.75, 3.05) is 25.5 Å². The average Bonchev–Trinajstić information content (AvgIpc) is 3.61. The third-order valence-corrected chi connectivity index (χ3v) is 11.2. The number of aliphatic hydroxyl groups is 1. The molecule has 2 aliphatic rings. The van der Waals surface area contributed by atoms with E-state index in [1.807, 2.05) is 23.0 Å². The van der Waals surface area contributed by atoms with Crippen LogP contribution in [0.3, 0.4) is 0 Å². The molecule has 7 rings (SSSR count). The van der Waals surface area contributed by atoms with E-state index in [9.17, 15) is 32.7 Å². The predicted octanol–water partition coefficient (Wildman–Crippen LogP) is 8.61. The number of alkyl halides is 3. The van der Waals surface area contributed by atoms with Gasteiger partial charge in [0.1, 0.15) is 22.9 Å². The summed E-state index contributed by atoms with van der Waals surface area (Å²) in [5.74, 6) is 0.110. The molecule has 1 fully saturated rings. The monoisotopic (exact) mass is 810 g/mol. The van der Waals surface area contributed by atoms with E-state index in [1.165, 1.54) is 11.6 Å². The number of fused-ring (bicyclic) bond motifs is 2. The van der Waals surface area contributed by atoms with Crippen molar-refractivity contribution in [2.24, 2.45) is 5.92 Å². The average molecular weight is 811 g/mol. The number of benzene rings is 3. The first-order chi connectivity index (χ1) is 28.1. The summed E-state index contributed by atoms with van der Waals surface area (Å²) < 4.78 is 47.7. The molecule has 1 aliphatic heterocycles. The second-order valence-corrected chi connectivity index (χ2v) is 16.3. The van der Waals surface area contributed by atoms with E-state index in [0.717, 1.165) is 82.0 Å². The Balaban J connectivity index is 0.854. The van der Waals surface area contributed by atoms with Crippen LogP contribution in [0.2, 0.25) is 0 Å². The van der Waals surface area contributed by atoms with Crippen molar-refractivity contribution in [2.45, 2.75) is 89.5 Å². The van der Waals surface area contributed by atoms with Crippen molar-refractivity contribution in [1.82, 2.24) is 25.0 Å². The topological polar surface area (TPSA) is 139 Å². The van der Waals surface area contributed by atoms with Crippen molar-refractivity contribution < 1.29 is 37.4 Å². The molecule has 1 aliphatic carbocycles. The van der Waals surface area contributed by atoms with Crippen LogP contribution in [-0.4, -0.2) is 62.6 Å². The van der Waals surface area contributed by atoms with Gasteiger partial charge in [0.15, 0.2) is 0 Å². The number of unbranched alkanes of at least 4 members (excludes halogenated alkanes) is 2. The Kier molecular flexibility index (Phi) is 12.2. The maximum absolute atomic E-state index is 13.2. The number of amides is 3. The van der Waals surface area contributed by atoms with Gasteiger partial charge >= 0.3 is 6.18 Å². The fraction of sp³-hybridized carbons (Fsp3) is 0.400. The van der Waals surface area contributed by atoms with Crippen molar-refractivity contribution in [3.63, 3.8) is 0 Å². The van der Waals surface area contributed by atoms with Crippen LogP contribution in [0.5, 0.6) is 11.5 Å². The fourth-order valence-electron chi connectivity index (χ4n) is 8.13. The van der Waals surface area contributed by atoms with Crippen LogP contribution >= 0.6 is 0 Å². The Morgan fingerprint density at radius 3 is 2.46 bits per heavy atom. The van der Waals surface area contributed by atoms with Gasteiger partial charge in [-0.25, -0.2) is 4.98 Å². The highest BCUT2D eigenvalue weighted by Gasteiger charge is 2.33. The number of hydrogen-bond acceptors (Lipinski definition) is 8. The first-order valence-corrected chi connectivity index (χ1v) is 20.1. The Morgan fingerprint density at radius 1 is 0.983 bits per heavy atom. The van der Waals surface area contributed by atoms with Gasteiger partial charge in [-0.05, 0) is 132 Å². The van der Waals surface area contributed by atoms with Crippen LogP contribution < -0.4 is 15.4 Å². The molecule has 310 valence electrons. The van der Waals surface area contributed by atoms with Crippen molar-refractivity contribution in [1.29, 1.82) is 0 Å². The quantitative estimate of drug-likeness (QED) is 0.0749. The molecule has 3 amide bonds. The molecule has 59 heavy (non-hydrogen) atoms. The van der Waals surface area contributed by atoms with E-state index in [2.05, 4.69) is 39.7 Å². The first kappa shape index (κ1) is 41.6. The molecule has 3 heterocycles. The number of nitrogens with zero attached hydrogens (tertiary/aromatic N) is 4. The number of nitrogens with one attached hydrogen (secondary N) is 2. The van der Waals surface area contributed by atoms with E-state index >= 15 is 0 Å². The number of aryl methyl sites for hydroxylation is 1. The summed E-state index contributed by atoms with van der Waals surface area (Å²) in [6.07, 6.45) is 5.78. The first-order valence-electron chi connectivity index (χ1n) is 20.1. The fourth-order valence-corrected chi connectivity index (χ4v) is 8.13. The highest BCUT2D eigenvalue weighted by Crippen LogP contribution is 2.37. The Hall–Kier alpha value is -5.60. The molecule has 0 radical (unpaired) electrons. The molecule has 0 bridgehead atoms. The number of carbonyl (C=O) groups excluding carboxylic acids is 3. The normalized spacial score (nSPS) is 17.2. The maximum atomic E-state index is 13.2. The number of halogens is 3. The van der Waals surface area contributed by atoms with Crippen LogP contribution in [0, 0.1) is 5.92 Å². The minimum absolute atomic E-state index is 0.156. The number of imide groups is 1. The highest BCUT2D eigenvalue weighted by atomic mass is 19.4. The summed E-state index contributed by atoms with van der Waals surface area (Å²) in [6.45, 7) is 5.22. The summed E-state index contributed by atoms with van der Waals surface area (Å²) >= 11 is 0. The van der Waals surface area contributed by atoms with Gasteiger partial charge in [-0.3, -0.25) is 24.4 Å². The third kappa shape index (κ3) is 10.2. The molecule has 5 aromatic rings.